The lowest BCUT2D eigenvalue weighted by Gasteiger charge is -2.16. The van der Waals surface area contributed by atoms with Gasteiger partial charge in [0.15, 0.2) is 0 Å². The lowest BCUT2D eigenvalue weighted by atomic mass is 9.97. The van der Waals surface area contributed by atoms with Crippen LogP contribution in [0.15, 0.2) is 71.6 Å². The van der Waals surface area contributed by atoms with Gasteiger partial charge in [0, 0.05) is 0 Å². The van der Waals surface area contributed by atoms with Crippen LogP contribution in [0.3, 0.4) is 0 Å². The first-order chi connectivity index (χ1) is 15.3. The van der Waals surface area contributed by atoms with Crippen molar-refractivity contribution in [1.29, 1.82) is 0 Å². The Morgan fingerprint density at radius 1 is 0.788 bits per heavy atom. The summed E-state index contributed by atoms with van der Waals surface area (Å²) in [6, 6.07) is 13.3. The smallest absolute Gasteiger partial charge is 0.379 e. The van der Waals surface area contributed by atoms with Crippen molar-refractivity contribution in [1.82, 2.24) is 0 Å². The Morgan fingerprint density at radius 3 is 2.06 bits per heavy atom. The molecule has 0 bridgehead atoms. The highest BCUT2D eigenvalue weighted by Crippen LogP contribution is 2.37. The van der Waals surface area contributed by atoms with Gasteiger partial charge in [-0.05, 0) is 67.3 Å². The SMILES string of the molecule is Cc1ccc(S(=O)(=O)Oc2cccc(CCc3ccc(C(F)(F)F)cc3C(F)(F)F)c2)cc1. The van der Waals surface area contributed by atoms with Gasteiger partial charge in [-0.2, -0.15) is 34.8 Å². The van der Waals surface area contributed by atoms with Crippen LogP contribution in [-0.4, -0.2) is 8.42 Å². The van der Waals surface area contributed by atoms with Gasteiger partial charge in [0.1, 0.15) is 10.6 Å². The van der Waals surface area contributed by atoms with Gasteiger partial charge in [0.2, 0.25) is 0 Å². The van der Waals surface area contributed by atoms with Crippen molar-refractivity contribution in [2.45, 2.75) is 37.0 Å². The Kier molecular flexibility index (Phi) is 6.78. The maximum absolute atomic E-state index is 13.3. The van der Waals surface area contributed by atoms with Gasteiger partial charge in [-0.1, -0.05) is 35.9 Å². The Bertz CT molecular complexity index is 1230. The fourth-order valence-electron chi connectivity index (χ4n) is 3.15. The lowest BCUT2D eigenvalue weighted by molar-refractivity contribution is -0.143. The molecule has 0 radical (unpaired) electrons. The first-order valence-corrected chi connectivity index (χ1v) is 11.0. The van der Waals surface area contributed by atoms with Gasteiger partial charge in [-0.25, -0.2) is 0 Å². The average molecular weight is 488 g/mol. The standard InChI is InChI=1S/C23H18F6O3S/c1-15-5-11-20(12-6-15)33(30,31)32-19-4-2-3-16(13-19)7-8-17-9-10-18(22(24,25)26)14-21(17)23(27,28)29/h2-6,9-14H,7-8H2,1H3. The van der Waals surface area contributed by atoms with E-state index >= 15 is 0 Å². The molecule has 10 heteroatoms. The molecule has 0 unspecified atom stereocenters. The van der Waals surface area contributed by atoms with Gasteiger partial charge in [-0.3, -0.25) is 0 Å². The topological polar surface area (TPSA) is 43.4 Å². The summed E-state index contributed by atoms with van der Waals surface area (Å²) in [5.41, 5.74) is -1.71. The van der Waals surface area contributed by atoms with Gasteiger partial charge in [0.25, 0.3) is 0 Å². The van der Waals surface area contributed by atoms with Crippen molar-refractivity contribution >= 4 is 10.1 Å². The summed E-state index contributed by atoms with van der Waals surface area (Å²) in [4.78, 5) is -0.0573. The normalized spacial score (nSPS) is 12.6. The molecule has 0 N–H and O–H groups in total. The van der Waals surface area contributed by atoms with Crippen LogP contribution in [0.5, 0.6) is 5.75 Å². The quantitative estimate of drug-likeness (QED) is 0.291. The van der Waals surface area contributed by atoms with Crippen molar-refractivity contribution in [3.05, 3.63) is 94.5 Å². The molecule has 0 saturated carbocycles. The van der Waals surface area contributed by atoms with E-state index < -0.39 is 33.6 Å². The van der Waals surface area contributed by atoms with E-state index in [1.54, 1.807) is 25.1 Å². The van der Waals surface area contributed by atoms with Gasteiger partial charge < -0.3 is 4.18 Å². The number of benzene rings is 3. The zero-order valence-corrected chi connectivity index (χ0v) is 18.0. The van der Waals surface area contributed by atoms with Crippen molar-refractivity contribution < 1.29 is 38.9 Å². The average Bonchev–Trinajstić information content (AvgIpc) is 2.71. The number of halogens is 6. The molecule has 3 nitrogen and oxygen atoms in total. The van der Waals surface area contributed by atoms with Crippen LogP contribution in [0.4, 0.5) is 26.3 Å². The monoisotopic (exact) mass is 488 g/mol. The van der Waals surface area contributed by atoms with Crippen molar-refractivity contribution in [2.24, 2.45) is 0 Å². The minimum Gasteiger partial charge on any atom is -0.379 e. The molecule has 0 fully saturated rings. The maximum atomic E-state index is 13.3. The second-order valence-corrected chi connectivity index (χ2v) is 8.91. The van der Waals surface area contributed by atoms with Crippen LogP contribution < -0.4 is 4.18 Å². The molecule has 3 aromatic rings. The fourth-order valence-corrected chi connectivity index (χ4v) is 4.07. The Hall–Kier alpha value is -3.01. The number of hydrogen-bond donors (Lipinski definition) is 0. The first kappa shape index (κ1) is 24.6. The van der Waals surface area contributed by atoms with Gasteiger partial charge in [0.05, 0.1) is 11.1 Å². The summed E-state index contributed by atoms with van der Waals surface area (Å²) in [7, 11) is -4.11. The minimum atomic E-state index is -4.95. The van der Waals surface area contributed by atoms with E-state index in [4.69, 9.17) is 4.18 Å². The zero-order chi connectivity index (χ0) is 24.4. The van der Waals surface area contributed by atoms with E-state index in [1.165, 1.54) is 30.3 Å². The van der Waals surface area contributed by atoms with E-state index in [9.17, 15) is 34.8 Å². The molecular formula is C23H18F6O3S. The molecule has 3 rings (SSSR count). The van der Waals surface area contributed by atoms with E-state index in [-0.39, 0.29) is 35.1 Å². The third-order valence-electron chi connectivity index (χ3n) is 4.84. The molecule has 0 spiro atoms. The Labute approximate surface area is 186 Å². The molecular weight excluding hydrogens is 470 g/mol. The molecule has 0 saturated heterocycles. The summed E-state index contributed by atoms with van der Waals surface area (Å²) in [5.74, 6) is -0.0310. The van der Waals surface area contributed by atoms with E-state index in [1.807, 2.05) is 0 Å². The fraction of sp³-hybridized carbons (Fsp3) is 0.217. The van der Waals surface area contributed by atoms with Crippen LogP contribution in [0.1, 0.15) is 27.8 Å². The molecule has 0 aliphatic carbocycles. The van der Waals surface area contributed by atoms with E-state index in [0.717, 1.165) is 11.6 Å². The summed E-state index contributed by atoms with van der Waals surface area (Å²) in [6.45, 7) is 1.79. The molecule has 0 aromatic heterocycles. The summed E-state index contributed by atoms with van der Waals surface area (Å²) < 4.78 is 108. The second kappa shape index (κ2) is 9.09. The predicted octanol–water partition coefficient (Wildman–Crippen LogP) is 6.59. The summed E-state index contributed by atoms with van der Waals surface area (Å²) in [6.07, 6.45) is -10.0. The van der Waals surface area contributed by atoms with Crippen molar-refractivity contribution in [3.8, 4) is 5.75 Å². The largest absolute Gasteiger partial charge is 0.416 e. The van der Waals surface area contributed by atoms with Crippen LogP contribution in [0.25, 0.3) is 0 Å². The zero-order valence-electron chi connectivity index (χ0n) is 17.2. The summed E-state index contributed by atoms with van der Waals surface area (Å²) in [5, 5.41) is 0. The highest BCUT2D eigenvalue weighted by Gasteiger charge is 2.37. The van der Waals surface area contributed by atoms with E-state index in [2.05, 4.69) is 0 Å². The van der Waals surface area contributed by atoms with Crippen LogP contribution >= 0.6 is 0 Å². The first-order valence-electron chi connectivity index (χ1n) is 9.63. The van der Waals surface area contributed by atoms with Crippen LogP contribution in [-0.2, 0) is 35.3 Å². The minimum absolute atomic E-state index is 0.0240. The Morgan fingerprint density at radius 2 is 1.45 bits per heavy atom. The third kappa shape index (κ3) is 6.28. The number of alkyl halides is 6. The van der Waals surface area contributed by atoms with E-state index in [0.29, 0.717) is 11.6 Å². The number of rotatable bonds is 6. The molecule has 0 heterocycles. The van der Waals surface area contributed by atoms with Gasteiger partial charge in [-0.15, -0.1) is 0 Å². The van der Waals surface area contributed by atoms with Crippen molar-refractivity contribution in [3.63, 3.8) is 0 Å². The third-order valence-corrected chi connectivity index (χ3v) is 6.10. The Balaban J connectivity index is 1.79. The molecule has 0 aliphatic rings. The molecule has 176 valence electrons. The lowest BCUT2D eigenvalue weighted by Crippen LogP contribution is -2.14. The summed E-state index contributed by atoms with van der Waals surface area (Å²) >= 11 is 0. The van der Waals surface area contributed by atoms with Crippen LogP contribution in [0.2, 0.25) is 0 Å². The second-order valence-electron chi connectivity index (χ2n) is 7.37. The molecule has 33 heavy (non-hydrogen) atoms. The predicted molar refractivity (Wildman–Crippen MR) is 109 cm³/mol. The highest BCUT2D eigenvalue weighted by molar-refractivity contribution is 7.87. The molecule has 0 atom stereocenters. The highest BCUT2D eigenvalue weighted by atomic mass is 32.2. The van der Waals surface area contributed by atoms with Gasteiger partial charge >= 0.3 is 22.5 Å². The van der Waals surface area contributed by atoms with Crippen LogP contribution in [0, 0.1) is 6.92 Å². The number of hydrogen-bond acceptors (Lipinski definition) is 3. The molecule has 0 amide bonds. The molecule has 0 aliphatic heterocycles. The molecule has 3 aromatic carbocycles. The number of aryl methyl sites for hydroxylation is 3. The maximum Gasteiger partial charge on any atom is 0.416 e. The van der Waals surface area contributed by atoms with Crippen molar-refractivity contribution in [2.75, 3.05) is 0 Å².